The van der Waals surface area contributed by atoms with Crippen molar-refractivity contribution in [1.82, 2.24) is 15.2 Å². The normalized spacial score (nSPS) is 19.1. The van der Waals surface area contributed by atoms with Crippen molar-refractivity contribution in [3.05, 3.63) is 48.2 Å². The Morgan fingerprint density at radius 3 is 2.58 bits per heavy atom. The van der Waals surface area contributed by atoms with Gasteiger partial charge in [0, 0.05) is 6.54 Å². The Morgan fingerprint density at radius 2 is 2.00 bits per heavy atom. The van der Waals surface area contributed by atoms with Crippen molar-refractivity contribution >= 4 is 17.7 Å². The number of nitrogens with one attached hydrogen (secondary N) is 1. The van der Waals surface area contributed by atoms with Crippen molar-refractivity contribution in [2.75, 3.05) is 6.54 Å². The topological polar surface area (TPSA) is 128 Å². The first kappa shape index (κ1) is 25.1. The molecule has 2 heterocycles. The van der Waals surface area contributed by atoms with Gasteiger partial charge in [-0.15, -0.1) is 13.2 Å². The van der Waals surface area contributed by atoms with E-state index in [1.807, 2.05) is 0 Å². The summed E-state index contributed by atoms with van der Waals surface area (Å²) in [7, 11) is 0. The third-order valence-electron chi connectivity index (χ3n) is 6.12. The molecule has 1 aromatic heterocycles. The second-order valence-electron chi connectivity index (χ2n) is 8.65. The van der Waals surface area contributed by atoms with Crippen LogP contribution in [0.2, 0.25) is 0 Å². The summed E-state index contributed by atoms with van der Waals surface area (Å²) in [6.45, 7) is 0.358. The molecule has 9 nitrogen and oxygen atoms in total. The number of carbonyl (C=O) groups is 3. The number of ether oxygens (including phenoxy) is 1. The second-order valence-corrected chi connectivity index (χ2v) is 8.65. The van der Waals surface area contributed by atoms with Gasteiger partial charge in [0.2, 0.25) is 17.7 Å². The average Bonchev–Trinajstić information content (AvgIpc) is 3.20. The summed E-state index contributed by atoms with van der Waals surface area (Å²) in [5.74, 6) is 3.66. The molecule has 1 saturated heterocycles. The number of nitrogens with zero attached hydrogens (tertiary/aromatic N) is 2. The predicted octanol–water partition coefficient (Wildman–Crippen LogP) is 2.01. The van der Waals surface area contributed by atoms with Crippen molar-refractivity contribution in [2.45, 2.75) is 56.0 Å². The number of nitrogens with two attached hydrogens (primary N) is 1. The van der Waals surface area contributed by atoms with Crippen molar-refractivity contribution < 1.29 is 36.7 Å². The Bertz CT molecular complexity index is 1180. The van der Waals surface area contributed by atoms with E-state index < -0.39 is 35.7 Å². The maximum absolute atomic E-state index is 13.5. The average molecular weight is 504 g/mol. The van der Waals surface area contributed by atoms with Gasteiger partial charge in [-0.25, -0.2) is 4.98 Å². The number of hydrogen-bond acceptors (Lipinski definition) is 6. The smallest absolute Gasteiger partial charge is 0.439 e. The Hall–Kier alpha value is -4.01. The van der Waals surface area contributed by atoms with Crippen LogP contribution in [0.5, 0.6) is 5.75 Å². The highest BCUT2D eigenvalue weighted by molar-refractivity contribution is 5.96. The van der Waals surface area contributed by atoms with Gasteiger partial charge in [0.05, 0.1) is 24.1 Å². The van der Waals surface area contributed by atoms with E-state index in [1.54, 1.807) is 0 Å². The molecule has 3 N–H and O–H groups in total. The third-order valence-corrected chi connectivity index (χ3v) is 6.12. The third kappa shape index (κ3) is 5.79. The van der Waals surface area contributed by atoms with Gasteiger partial charge in [0.25, 0.3) is 5.89 Å². The molecule has 36 heavy (non-hydrogen) atoms. The van der Waals surface area contributed by atoms with Crippen molar-refractivity contribution in [3.63, 3.8) is 0 Å². The monoisotopic (exact) mass is 504 g/mol. The van der Waals surface area contributed by atoms with E-state index in [4.69, 9.17) is 10.2 Å². The van der Waals surface area contributed by atoms with E-state index in [-0.39, 0.29) is 24.0 Å². The zero-order valence-corrected chi connectivity index (χ0v) is 19.0. The minimum atomic E-state index is -4.81. The fourth-order valence-electron chi connectivity index (χ4n) is 4.33. The number of oxazole rings is 1. The first-order chi connectivity index (χ1) is 17.1. The number of likely N-dealkylation sites (tertiary alicyclic amines) is 1. The van der Waals surface area contributed by atoms with Gasteiger partial charge in [0.1, 0.15) is 18.1 Å². The van der Waals surface area contributed by atoms with Crippen LogP contribution in [0.3, 0.4) is 0 Å². The largest absolute Gasteiger partial charge is 0.573 e. The number of primary amides is 1. The summed E-state index contributed by atoms with van der Waals surface area (Å²) in [6.07, 6.45) is -0.268. The molecule has 0 radical (unpaired) electrons. The molecule has 1 aliphatic carbocycles. The van der Waals surface area contributed by atoms with Gasteiger partial charge in [-0.2, -0.15) is 0 Å². The molecule has 2 fully saturated rings. The number of aromatic nitrogens is 1. The molecule has 0 spiro atoms. The zero-order chi connectivity index (χ0) is 25.9. The lowest BCUT2D eigenvalue weighted by atomic mass is 9.93. The number of amides is 3. The van der Waals surface area contributed by atoms with Crippen molar-refractivity contribution in [3.8, 4) is 17.6 Å². The van der Waals surface area contributed by atoms with Crippen LogP contribution >= 0.6 is 0 Å². The second kappa shape index (κ2) is 9.93. The molecule has 1 saturated carbocycles. The quantitative estimate of drug-likeness (QED) is 0.556. The molecule has 4 rings (SSSR count). The summed E-state index contributed by atoms with van der Waals surface area (Å²) in [4.78, 5) is 43.4. The molecule has 1 aliphatic heterocycles. The highest BCUT2D eigenvalue weighted by atomic mass is 19.4. The fraction of sp³-hybridized carbons (Fsp3) is 0.417. The van der Waals surface area contributed by atoms with E-state index in [0.717, 1.165) is 0 Å². The van der Waals surface area contributed by atoms with Gasteiger partial charge >= 0.3 is 6.36 Å². The summed E-state index contributed by atoms with van der Waals surface area (Å²) in [5.41, 5.74) is 4.96. The molecule has 3 amide bonds. The summed E-state index contributed by atoms with van der Waals surface area (Å²) in [5, 5.41) is 2.68. The van der Waals surface area contributed by atoms with Gasteiger partial charge < -0.3 is 25.1 Å². The van der Waals surface area contributed by atoms with E-state index in [9.17, 15) is 27.6 Å². The predicted molar refractivity (Wildman–Crippen MR) is 118 cm³/mol. The van der Waals surface area contributed by atoms with Gasteiger partial charge in [-0.3, -0.25) is 14.4 Å². The molecule has 0 bridgehead atoms. The van der Waals surface area contributed by atoms with Crippen LogP contribution in [0, 0.1) is 11.8 Å². The molecular formula is C24H23F3N4O5. The number of carbonyl (C=O) groups excluding carboxylic acids is 3. The Morgan fingerprint density at radius 1 is 1.28 bits per heavy atom. The van der Waals surface area contributed by atoms with E-state index in [1.165, 1.54) is 41.6 Å². The minimum absolute atomic E-state index is 0.110. The molecule has 1 aromatic carbocycles. The number of benzene rings is 1. The van der Waals surface area contributed by atoms with Crippen LogP contribution in [0.15, 0.2) is 41.1 Å². The molecule has 12 heteroatoms. The Labute approximate surface area is 204 Å². The molecule has 0 unspecified atom stereocenters. The number of halogens is 3. The summed E-state index contributed by atoms with van der Waals surface area (Å²) < 4.78 is 46.3. The first-order valence-corrected chi connectivity index (χ1v) is 11.2. The molecule has 2 atom stereocenters. The highest BCUT2D eigenvalue weighted by Crippen LogP contribution is 2.50. The van der Waals surface area contributed by atoms with Gasteiger partial charge in [-0.1, -0.05) is 18.1 Å². The fourth-order valence-corrected chi connectivity index (χ4v) is 4.33. The Balaban J connectivity index is 1.46. The number of hydrogen-bond donors (Lipinski definition) is 2. The van der Waals surface area contributed by atoms with Crippen LogP contribution in [-0.2, 0) is 19.8 Å². The molecule has 190 valence electrons. The van der Waals surface area contributed by atoms with Crippen LogP contribution < -0.4 is 15.8 Å². The zero-order valence-electron chi connectivity index (χ0n) is 19.0. The molecule has 2 aliphatic rings. The molecule has 2 aromatic rings. The van der Waals surface area contributed by atoms with E-state index >= 15 is 0 Å². The molecular weight excluding hydrogens is 481 g/mol. The van der Waals surface area contributed by atoms with Crippen LogP contribution in [0.1, 0.15) is 43.6 Å². The van der Waals surface area contributed by atoms with Crippen LogP contribution in [-0.4, -0.2) is 52.6 Å². The standard InChI is InChI=1S/C24H23F3N4O5/c25-24(26,27)36-17-6-3-15(4-7-17)23(9-10-23)22(34)31-12-1-2-18(31)21(33)30-16(14-19(28)32)5-8-20-29-11-13-35-20/h3-4,6-7,11,13,16,18H,1-2,9-10,12,14H2,(H2,28,32)(H,30,33)/t16-,18+/m1/s1. The SMILES string of the molecule is NC(=O)C[C@@H](C#Cc1ncco1)NC(=O)[C@@H]1CCCN1C(=O)C1(c2ccc(OC(F)(F)F)cc2)CC1. The van der Waals surface area contributed by atoms with Gasteiger partial charge in [0.15, 0.2) is 0 Å². The summed E-state index contributed by atoms with van der Waals surface area (Å²) >= 11 is 0. The maximum atomic E-state index is 13.5. The first-order valence-electron chi connectivity index (χ1n) is 11.2. The Kier molecular flexibility index (Phi) is 6.92. The maximum Gasteiger partial charge on any atom is 0.573 e. The lowest BCUT2D eigenvalue weighted by Gasteiger charge is -2.29. The highest BCUT2D eigenvalue weighted by Gasteiger charge is 2.55. The lowest BCUT2D eigenvalue weighted by molar-refractivity contribution is -0.274. The van der Waals surface area contributed by atoms with Crippen molar-refractivity contribution in [1.29, 1.82) is 0 Å². The van der Waals surface area contributed by atoms with Gasteiger partial charge in [-0.05, 0) is 49.3 Å². The van der Waals surface area contributed by atoms with Crippen LogP contribution in [0.4, 0.5) is 13.2 Å². The lowest BCUT2D eigenvalue weighted by Crippen LogP contribution is -2.51. The number of alkyl halides is 3. The summed E-state index contributed by atoms with van der Waals surface area (Å²) in [6, 6.07) is 3.55. The van der Waals surface area contributed by atoms with E-state index in [2.05, 4.69) is 26.9 Å². The number of rotatable bonds is 7. The van der Waals surface area contributed by atoms with Crippen molar-refractivity contribution in [2.24, 2.45) is 5.73 Å². The van der Waals surface area contributed by atoms with Crippen LogP contribution in [0.25, 0.3) is 0 Å². The minimum Gasteiger partial charge on any atom is -0.439 e. The van der Waals surface area contributed by atoms with E-state index in [0.29, 0.717) is 37.8 Å².